The van der Waals surface area contributed by atoms with Crippen LogP contribution in [0.1, 0.15) is 40.8 Å². The molecule has 38 heavy (non-hydrogen) atoms. The first-order valence-electron chi connectivity index (χ1n) is 12.4. The highest BCUT2D eigenvalue weighted by molar-refractivity contribution is 5.92. The Balaban J connectivity index is 1.58. The summed E-state index contributed by atoms with van der Waals surface area (Å²) in [6, 6.07) is 26.9. The number of benzene rings is 3. The van der Waals surface area contributed by atoms with E-state index in [4.69, 9.17) is 4.74 Å². The van der Waals surface area contributed by atoms with Gasteiger partial charge in [0.25, 0.3) is 0 Å². The summed E-state index contributed by atoms with van der Waals surface area (Å²) in [7, 11) is 0. The molecule has 0 saturated carbocycles. The molecule has 2 heterocycles. The third kappa shape index (κ3) is 5.23. The molecule has 0 amide bonds. The third-order valence-electron chi connectivity index (χ3n) is 6.62. The number of para-hydroxylation sites is 1. The van der Waals surface area contributed by atoms with Crippen molar-refractivity contribution in [3.8, 4) is 0 Å². The van der Waals surface area contributed by atoms with Crippen molar-refractivity contribution in [1.82, 2.24) is 9.13 Å². The average Bonchev–Trinajstić information content (AvgIpc) is 3.50. The Hall–Kier alpha value is -4.26. The molecule has 3 aromatic carbocycles. The topological polar surface area (TPSA) is 36.2 Å². The molecule has 0 aliphatic rings. The Labute approximate surface area is 218 Å². The first-order valence-corrected chi connectivity index (χ1v) is 12.4. The largest absolute Gasteiger partial charge is 0.465 e. The van der Waals surface area contributed by atoms with Gasteiger partial charge in [-0.1, -0.05) is 60.7 Å². The lowest BCUT2D eigenvalue weighted by molar-refractivity contribution is -0.144. The van der Waals surface area contributed by atoms with Crippen molar-refractivity contribution >= 4 is 16.9 Å². The maximum absolute atomic E-state index is 13.5. The first kappa shape index (κ1) is 25.4. The molecule has 5 rings (SSSR count). The SMILES string of the molecule is CCOC(=O)C(c1cn(Cc2ccccc2)c2ccccc12)c1cccn1Cc1cccc(C(F)(F)F)c1. The van der Waals surface area contributed by atoms with Crippen LogP contribution < -0.4 is 0 Å². The third-order valence-corrected chi connectivity index (χ3v) is 6.62. The van der Waals surface area contributed by atoms with E-state index in [9.17, 15) is 18.0 Å². The van der Waals surface area contributed by atoms with E-state index in [-0.39, 0.29) is 13.2 Å². The van der Waals surface area contributed by atoms with Crippen LogP contribution in [0.15, 0.2) is 103 Å². The smallest absolute Gasteiger partial charge is 0.416 e. The van der Waals surface area contributed by atoms with E-state index in [2.05, 4.69) is 16.7 Å². The Morgan fingerprint density at radius 2 is 1.55 bits per heavy atom. The quantitative estimate of drug-likeness (QED) is 0.204. The minimum atomic E-state index is -4.43. The average molecular weight is 517 g/mol. The molecule has 0 bridgehead atoms. The van der Waals surface area contributed by atoms with Crippen molar-refractivity contribution in [3.05, 3.63) is 131 Å². The molecule has 1 unspecified atom stereocenters. The van der Waals surface area contributed by atoms with E-state index in [0.717, 1.165) is 34.2 Å². The van der Waals surface area contributed by atoms with Crippen LogP contribution in [-0.2, 0) is 28.8 Å². The lowest BCUT2D eigenvalue weighted by atomic mass is 9.95. The van der Waals surface area contributed by atoms with Crippen molar-refractivity contribution in [2.75, 3.05) is 6.61 Å². The summed E-state index contributed by atoms with van der Waals surface area (Å²) in [4.78, 5) is 13.5. The van der Waals surface area contributed by atoms with Crippen molar-refractivity contribution in [1.29, 1.82) is 0 Å². The van der Waals surface area contributed by atoms with Crippen LogP contribution in [0.4, 0.5) is 13.2 Å². The molecule has 2 aromatic heterocycles. The van der Waals surface area contributed by atoms with E-state index < -0.39 is 23.6 Å². The molecular weight excluding hydrogens is 489 g/mol. The minimum absolute atomic E-state index is 0.185. The van der Waals surface area contributed by atoms with E-state index >= 15 is 0 Å². The van der Waals surface area contributed by atoms with E-state index in [1.807, 2.05) is 59.3 Å². The molecule has 0 aliphatic carbocycles. The molecule has 1 atom stereocenters. The molecule has 194 valence electrons. The lowest BCUT2D eigenvalue weighted by Gasteiger charge is -2.19. The van der Waals surface area contributed by atoms with E-state index in [0.29, 0.717) is 17.8 Å². The van der Waals surface area contributed by atoms with Crippen molar-refractivity contribution in [2.45, 2.75) is 32.1 Å². The van der Waals surface area contributed by atoms with Crippen molar-refractivity contribution in [3.63, 3.8) is 0 Å². The summed E-state index contributed by atoms with van der Waals surface area (Å²) < 4.78 is 49.4. The monoisotopic (exact) mass is 516 g/mol. The highest BCUT2D eigenvalue weighted by Gasteiger charge is 2.32. The summed E-state index contributed by atoms with van der Waals surface area (Å²) in [5.74, 6) is -1.16. The molecular formula is C31H27F3N2O2. The Morgan fingerprint density at radius 3 is 2.32 bits per heavy atom. The number of carbonyl (C=O) groups excluding carboxylic acids is 1. The molecule has 0 N–H and O–H groups in total. The zero-order valence-corrected chi connectivity index (χ0v) is 20.9. The minimum Gasteiger partial charge on any atom is -0.465 e. The van der Waals surface area contributed by atoms with Gasteiger partial charge in [-0.15, -0.1) is 0 Å². The fourth-order valence-electron chi connectivity index (χ4n) is 4.92. The predicted molar refractivity (Wildman–Crippen MR) is 141 cm³/mol. The van der Waals surface area contributed by atoms with Gasteiger partial charge < -0.3 is 13.9 Å². The van der Waals surface area contributed by atoms with Gasteiger partial charge in [0.2, 0.25) is 0 Å². The number of ether oxygens (including phenoxy) is 1. The molecule has 7 heteroatoms. The van der Waals surface area contributed by atoms with Gasteiger partial charge in [-0.25, -0.2) is 0 Å². The normalized spacial score (nSPS) is 12.5. The maximum Gasteiger partial charge on any atom is 0.416 e. The number of aromatic nitrogens is 2. The van der Waals surface area contributed by atoms with Gasteiger partial charge in [0.15, 0.2) is 0 Å². The number of hydrogen-bond donors (Lipinski definition) is 0. The number of alkyl halides is 3. The number of carbonyl (C=O) groups is 1. The van der Waals surface area contributed by atoms with E-state index in [1.54, 1.807) is 25.3 Å². The fourth-order valence-corrected chi connectivity index (χ4v) is 4.92. The number of hydrogen-bond acceptors (Lipinski definition) is 2. The summed E-state index contributed by atoms with van der Waals surface area (Å²) >= 11 is 0. The standard InChI is InChI=1S/C31H27F3N2O2/c1-2-38-30(37)29(28-16-9-17-35(28)20-23-12-8-13-24(18-23)31(32,33)34)26-21-36(19-22-10-4-3-5-11-22)27-15-7-6-14-25(26)27/h3-18,21,29H,2,19-20H2,1H3. The number of nitrogens with zero attached hydrogens (tertiary/aromatic N) is 2. The van der Waals surface area contributed by atoms with Crippen LogP contribution in [0.25, 0.3) is 10.9 Å². The highest BCUT2D eigenvalue weighted by atomic mass is 19.4. The second-order valence-electron chi connectivity index (χ2n) is 9.16. The maximum atomic E-state index is 13.5. The van der Waals surface area contributed by atoms with Crippen LogP contribution in [-0.4, -0.2) is 21.7 Å². The second kappa shape index (κ2) is 10.6. The molecule has 4 nitrogen and oxygen atoms in total. The van der Waals surface area contributed by atoms with Crippen LogP contribution >= 0.6 is 0 Å². The van der Waals surface area contributed by atoms with Crippen molar-refractivity contribution < 1.29 is 22.7 Å². The fraction of sp³-hybridized carbons (Fsp3) is 0.194. The van der Waals surface area contributed by atoms with Crippen LogP contribution in [0.2, 0.25) is 0 Å². The number of halogens is 3. The summed E-state index contributed by atoms with van der Waals surface area (Å²) in [5, 5.41) is 0.924. The van der Waals surface area contributed by atoms with Crippen LogP contribution in [0.3, 0.4) is 0 Å². The Bertz CT molecular complexity index is 1550. The van der Waals surface area contributed by atoms with Gasteiger partial charge >= 0.3 is 12.1 Å². The predicted octanol–water partition coefficient (Wildman–Crippen LogP) is 7.25. The van der Waals surface area contributed by atoms with Crippen LogP contribution in [0, 0.1) is 0 Å². The van der Waals surface area contributed by atoms with Gasteiger partial charge in [0.1, 0.15) is 5.92 Å². The Kier molecular flexibility index (Phi) is 7.09. The highest BCUT2D eigenvalue weighted by Crippen LogP contribution is 2.35. The number of esters is 1. The van der Waals surface area contributed by atoms with Crippen molar-refractivity contribution in [2.24, 2.45) is 0 Å². The van der Waals surface area contributed by atoms with Gasteiger partial charge in [0, 0.05) is 42.1 Å². The summed E-state index contributed by atoms with van der Waals surface area (Å²) in [6.07, 6.45) is -0.657. The van der Waals surface area contributed by atoms with Gasteiger partial charge in [0.05, 0.1) is 12.2 Å². The summed E-state index contributed by atoms with van der Waals surface area (Å²) in [5.41, 5.74) is 3.35. The second-order valence-corrected chi connectivity index (χ2v) is 9.16. The van der Waals surface area contributed by atoms with Crippen LogP contribution in [0.5, 0.6) is 0 Å². The summed E-state index contributed by atoms with van der Waals surface area (Å²) in [6.45, 7) is 2.79. The number of fused-ring (bicyclic) bond motifs is 1. The Morgan fingerprint density at radius 1 is 0.842 bits per heavy atom. The number of rotatable bonds is 8. The van der Waals surface area contributed by atoms with E-state index in [1.165, 1.54) is 6.07 Å². The molecule has 0 fully saturated rings. The van der Waals surface area contributed by atoms with Gasteiger partial charge in [-0.05, 0) is 53.9 Å². The molecule has 0 radical (unpaired) electrons. The lowest BCUT2D eigenvalue weighted by Crippen LogP contribution is -2.20. The van der Waals surface area contributed by atoms with Gasteiger partial charge in [-0.3, -0.25) is 4.79 Å². The zero-order chi connectivity index (χ0) is 26.7. The molecule has 0 aliphatic heterocycles. The first-order chi connectivity index (χ1) is 18.3. The molecule has 0 saturated heterocycles. The molecule has 0 spiro atoms. The molecule has 5 aromatic rings. The zero-order valence-electron chi connectivity index (χ0n) is 20.9. The van der Waals surface area contributed by atoms with Gasteiger partial charge in [-0.2, -0.15) is 13.2 Å².